The third kappa shape index (κ3) is 1.84. The van der Waals surface area contributed by atoms with Crippen LogP contribution in [0.25, 0.3) is 0 Å². The molecule has 1 aromatic carbocycles. The van der Waals surface area contributed by atoms with E-state index in [1.54, 1.807) is 0 Å². The molecule has 0 saturated heterocycles. The van der Waals surface area contributed by atoms with Crippen molar-refractivity contribution < 1.29 is 8.42 Å². The smallest absolute Gasteiger partial charge is 0.199 e. The van der Waals surface area contributed by atoms with Gasteiger partial charge in [-0.1, -0.05) is 11.6 Å². The summed E-state index contributed by atoms with van der Waals surface area (Å²) >= 11 is 5.56. The van der Waals surface area contributed by atoms with Crippen LogP contribution >= 0.6 is 11.6 Å². The maximum absolute atomic E-state index is 11.0. The van der Waals surface area contributed by atoms with Crippen LogP contribution in [0.15, 0.2) is 33.6 Å². The molecule has 0 N–H and O–H groups in total. The summed E-state index contributed by atoms with van der Waals surface area (Å²) in [6.07, 6.45) is 0. The minimum atomic E-state index is -3.56. The highest BCUT2D eigenvalue weighted by molar-refractivity contribution is 7.90. The predicted molar refractivity (Wildman–Crippen MR) is 48.2 cm³/mol. The van der Waals surface area contributed by atoms with Crippen molar-refractivity contribution in [3.63, 3.8) is 0 Å². The average molecular weight is 204 g/mol. The Balaban J connectivity index is 3.23. The fourth-order valence-electron chi connectivity index (χ4n) is 0.681. The summed E-state index contributed by atoms with van der Waals surface area (Å²) in [5.41, 5.74) is 0. The van der Waals surface area contributed by atoms with E-state index in [1.165, 1.54) is 24.3 Å². The molecule has 3 nitrogen and oxygen atoms in total. The van der Waals surface area contributed by atoms with E-state index in [1.807, 2.05) is 0 Å². The molecule has 0 aromatic heterocycles. The number of sulfonamides is 1. The van der Waals surface area contributed by atoms with Crippen molar-refractivity contribution in [2.75, 3.05) is 0 Å². The lowest BCUT2D eigenvalue weighted by Gasteiger charge is -1.96. The molecule has 64 valence electrons. The maximum Gasteiger partial charge on any atom is 0.281 e. The molecule has 12 heavy (non-hydrogen) atoms. The molecule has 0 amide bonds. The number of hydrogen-bond donors (Lipinski definition) is 0. The summed E-state index contributed by atoms with van der Waals surface area (Å²) in [7, 11) is -3.56. The predicted octanol–water partition coefficient (Wildman–Crippen LogP) is 1.73. The summed E-state index contributed by atoms with van der Waals surface area (Å²) in [5, 5.41) is 0.484. The van der Waals surface area contributed by atoms with Crippen molar-refractivity contribution in [2.45, 2.75) is 4.90 Å². The van der Waals surface area contributed by atoms with Crippen molar-refractivity contribution in [1.82, 2.24) is 0 Å². The van der Waals surface area contributed by atoms with Crippen LogP contribution in [0.4, 0.5) is 0 Å². The molecule has 0 unspecified atom stereocenters. The van der Waals surface area contributed by atoms with Gasteiger partial charge in [0.2, 0.25) is 0 Å². The molecule has 0 fully saturated rings. The van der Waals surface area contributed by atoms with Gasteiger partial charge in [-0.3, -0.25) is 0 Å². The van der Waals surface area contributed by atoms with E-state index in [-0.39, 0.29) is 4.90 Å². The van der Waals surface area contributed by atoms with Gasteiger partial charge in [-0.2, -0.15) is 12.8 Å². The molecular weight excluding hydrogens is 198 g/mol. The Morgan fingerprint density at radius 3 is 2.17 bits per heavy atom. The lowest BCUT2D eigenvalue weighted by atomic mass is 10.4. The van der Waals surface area contributed by atoms with Gasteiger partial charge in [-0.25, -0.2) is 0 Å². The van der Waals surface area contributed by atoms with Crippen LogP contribution in [0.3, 0.4) is 0 Å². The minimum Gasteiger partial charge on any atom is -0.199 e. The first-order valence-electron chi connectivity index (χ1n) is 3.05. The molecule has 0 radical (unpaired) electrons. The van der Waals surface area contributed by atoms with E-state index >= 15 is 0 Å². The maximum atomic E-state index is 11.0. The van der Waals surface area contributed by atoms with E-state index in [9.17, 15) is 8.42 Å². The van der Waals surface area contributed by atoms with Gasteiger partial charge in [-0.15, -0.1) is 0 Å². The van der Waals surface area contributed by atoms with E-state index in [4.69, 9.17) is 11.6 Å². The Labute approximate surface area is 75.8 Å². The largest absolute Gasteiger partial charge is 0.281 e. The van der Waals surface area contributed by atoms with Crippen molar-refractivity contribution in [2.24, 2.45) is 4.40 Å². The number of rotatable bonds is 2. The quantitative estimate of drug-likeness (QED) is 0.688. The van der Waals surface area contributed by atoms with E-state index < -0.39 is 10.0 Å². The molecule has 1 aromatic rings. The molecule has 0 aliphatic carbocycles. The zero-order chi connectivity index (χ0) is 9.19. The fourth-order valence-corrected chi connectivity index (χ4v) is 1.44. The highest BCUT2D eigenvalue weighted by Gasteiger charge is 2.09. The second-order valence-corrected chi connectivity index (χ2v) is 4.17. The van der Waals surface area contributed by atoms with E-state index in [2.05, 4.69) is 11.1 Å². The normalized spacial score (nSPS) is 11.1. The molecule has 1 rings (SSSR count). The third-order valence-electron chi connectivity index (χ3n) is 1.28. The summed E-state index contributed by atoms with van der Waals surface area (Å²) < 4.78 is 25.1. The summed E-state index contributed by atoms with van der Waals surface area (Å²) in [6, 6.07) is 5.73. The average Bonchev–Trinajstić information content (AvgIpc) is 2.05. The van der Waals surface area contributed by atoms with Gasteiger partial charge in [0.05, 0.1) is 4.90 Å². The highest BCUT2D eigenvalue weighted by atomic mass is 35.5. The van der Waals surface area contributed by atoms with Gasteiger partial charge in [-0.05, 0) is 24.3 Å². The van der Waals surface area contributed by atoms with Gasteiger partial charge in [0.15, 0.2) is 0 Å². The standard InChI is InChI=1S/C7H6ClNO2S/c1-9-12(10,11)7-4-2-6(8)3-5-7/h2-5H,1H2. The zero-order valence-electron chi connectivity index (χ0n) is 6.07. The van der Waals surface area contributed by atoms with Crippen molar-refractivity contribution in [3.05, 3.63) is 29.3 Å². The van der Waals surface area contributed by atoms with E-state index in [0.717, 1.165) is 0 Å². The second kappa shape index (κ2) is 3.25. The Bertz CT molecular complexity index is 382. The summed E-state index contributed by atoms with van der Waals surface area (Å²) in [6.45, 7) is 2.96. The van der Waals surface area contributed by atoms with E-state index in [0.29, 0.717) is 5.02 Å². The SMILES string of the molecule is C=NS(=O)(=O)c1ccc(Cl)cc1. The molecule has 0 aliphatic rings. The number of hydrogen-bond acceptors (Lipinski definition) is 2. The van der Waals surface area contributed by atoms with Gasteiger partial charge in [0, 0.05) is 11.7 Å². The summed E-state index contributed by atoms with van der Waals surface area (Å²) in [4.78, 5) is 0.0990. The van der Waals surface area contributed by atoms with Crippen molar-refractivity contribution in [3.8, 4) is 0 Å². The Kier molecular flexibility index (Phi) is 2.49. The van der Waals surface area contributed by atoms with Crippen LogP contribution in [-0.2, 0) is 10.0 Å². The lowest BCUT2D eigenvalue weighted by molar-refractivity contribution is 0.598. The fraction of sp³-hybridized carbons (Fsp3) is 0. The molecule has 0 heterocycles. The van der Waals surface area contributed by atoms with Crippen LogP contribution in [0, 0.1) is 0 Å². The Morgan fingerprint density at radius 1 is 1.25 bits per heavy atom. The Morgan fingerprint density at radius 2 is 1.75 bits per heavy atom. The molecular formula is C7H6ClNO2S. The number of halogens is 1. The van der Waals surface area contributed by atoms with Gasteiger partial charge < -0.3 is 0 Å². The summed E-state index contributed by atoms with van der Waals surface area (Å²) in [5.74, 6) is 0. The van der Waals surface area contributed by atoms with Gasteiger partial charge >= 0.3 is 0 Å². The van der Waals surface area contributed by atoms with Crippen molar-refractivity contribution in [1.29, 1.82) is 0 Å². The minimum absolute atomic E-state index is 0.0990. The van der Waals surface area contributed by atoms with Crippen LogP contribution in [0.1, 0.15) is 0 Å². The molecule has 0 atom stereocenters. The number of benzene rings is 1. The lowest BCUT2D eigenvalue weighted by Crippen LogP contribution is -1.94. The second-order valence-electron chi connectivity index (χ2n) is 2.06. The molecule has 0 aliphatic heterocycles. The molecule has 5 heteroatoms. The first-order chi connectivity index (χ1) is 5.56. The molecule has 0 bridgehead atoms. The zero-order valence-corrected chi connectivity index (χ0v) is 7.64. The van der Waals surface area contributed by atoms with Gasteiger partial charge in [0.25, 0.3) is 10.0 Å². The van der Waals surface area contributed by atoms with Crippen LogP contribution in [0.5, 0.6) is 0 Å². The first-order valence-corrected chi connectivity index (χ1v) is 4.86. The van der Waals surface area contributed by atoms with Gasteiger partial charge in [0.1, 0.15) is 0 Å². The first kappa shape index (κ1) is 9.22. The van der Waals surface area contributed by atoms with Crippen LogP contribution in [-0.4, -0.2) is 15.1 Å². The van der Waals surface area contributed by atoms with Crippen LogP contribution in [0.2, 0.25) is 5.02 Å². The number of nitrogens with zero attached hydrogens (tertiary/aromatic N) is 1. The topological polar surface area (TPSA) is 46.5 Å². The molecule has 0 saturated carbocycles. The van der Waals surface area contributed by atoms with Crippen molar-refractivity contribution >= 4 is 28.3 Å². The third-order valence-corrected chi connectivity index (χ3v) is 2.74. The molecule has 0 spiro atoms. The van der Waals surface area contributed by atoms with Crippen LogP contribution < -0.4 is 0 Å². The highest BCUT2D eigenvalue weighted by Crippen LogP contribution is 2.15. The monoisotopic (exact) mass is 203 g/mol. The Hall–Kier alpha value is -0.870.